The number of carbonyl (C=O) groups is 2. The molecular weight excluding hydrogens is 412 g/mol. The van der Waals surface area contributed by atoms with Crippen LogP contribution < -0.4 is 15.0 Å². The summed E-state index contributed by atoms with van der Waals surface area (Å²) in [5, 5.41) is 3.59. The predicted octanol–water partition coefficient (Wildman–Crippen LogP) is 5.31. The largest absolute Gasteiger partial charge is 0.495 e. The quantitative estimate of drug-likeness (QED) is 0.536. The van der Waals surface area contributed by atoms with Gasteiger partial charge in [0.15, 0.2) is 0 Å². The van der Waals surface area contributed by atoms with Crippen molar-refractivity contribution in [1.29, 1.82) is 0 Å². The number of hydrogen-bond donors (Lipinski definition) is 1. The number of carbonyl (C=O) groups excluding carboxylic acids is 2. The zero-order valence-electron chi connectivity index (χ0n) is 17.2. The lowest BCUT2D eigenvalue weighted by atomic mass is 10.0. The van der Waals surface area contributed by atoms with Crippen molar-refractivity contribution < 1.29 is 14.3 Å². The Bertz CT molecular complexity index is 1170. The molecule has 6 heteroatoms. The summed E-state index contributed by atoms with van der Waals surface area (Å²) in [7, 11) is 1.53. The lowest BCUT2D eigenvalue weighted by molar-refractivity contribution is -0.120. The smallest absolute Gasteiger partial charge is 0.282 e. The van der Waals surface area contributed by atoms with Crippen molar-refractivity contribution in [3.8, 4) is 5.75 Å². The minimum Gasteiger partial charge on any atom is -0.495 e. The summed E-state index contributed by atoms with van der Waals surface area (Å²) >= 11 is 6.16. The molecule has 3 aromatic rings. The second kappa shape index (κ2) is 8.66. The van der Waals surface area contributed by atoms with E-state index in [-0.39, 0.29) is 11.6 Å². The fourth-order valence-electron chi connectivity index (χ4n) is 3.55. The van der Waals surface area contributed by atoms with Crippen LogP contribution in [0.25, 0.3) is 5.57 Å². The van der Waals surface area contributed by atoms with E-state index in [1.54, 1.807) is 42.5 Å². The van der Waals surface area contributed by atoms with Gasteiger partial charge in [-0.3, -0.25) is 9.59 Å². The number of methoxy groups -OCH3 is 1. The third-order valence-electron chi connectivity index (χ3n) is 5.17. The molecule has 1 heterocycles. The first-order valence-electron chi connectivity index (χ1n) is 9.91. The molecule has 0 fully saturated rings. The average Bonchev–Trinajstić information content (AvgIpc) is 3.04. The second-order valence-electron chi connectivity index (χ2n) is 7.05. The standard InChI is InChI=1S/C25H21ClN2O3/c1-3-16-9-12-19(13-10-16)28-24(29)22(17-7-5-4-6-8-17)23(25(28)30)27-20-15-18(26)11-14-21(20)31-2/h4-15,27H,3H2,1-2H3. The van der Waals surface area contributed by atoms with Crippen LogP contribution in [0.15, 0.2) is 78.5 Å². The molecule has 5 nitrogen and oxygen atoms in total. The summed E-state index contributed by atoms with van der Waals surface area (Å²) in [4.78, 5) is 28.1. The number of hydrogen-bond acceptors (Lipinski definition) is 4. The lowest BCUT2D eigenvalue weighted by Crippen LogP contribution is -2.32. The van der Waals surface area contributed by atoms with Gasteiger partial charge < -0.3 is 10.1 Å². The van der Waals surface area contributed by atoms with Crippen LogP contribution in [0.4, 0.5) is 11.4 Å². The number of imide groups is 1. The van der Waals surface area contributed by atoms with Gasteiger partial charge in [0.05, 0.1) is 24.1 Å². The van der Waals surface area contributed by atoms with Gasteiger partial charge in [0.2, 0.25) is 0 Å². The summed E-state index contributed by atoms with van der Waals surface area (Å²) in [5.74, 6) is -0.311. The van der Waals surface area contributed by atoms with E-state index in [1.807, 2.05) is 30.3 Å². The van der Waals surface area contributed by atoms with Gasteiger partial charge in [0.1, 0.15) is 11.4 Å². The summed E-state index contributed by atoms with van der Waals surface area (Å²) < 4.78 is 5.40. The Kier molecular flexibility index (Phi) is 5.78. The molecule has 31 heavy (non-hydrogen) atoms. The predicted molar refractivity (Wildman–Crippen MR) is 123 cm³/mol. The summed E-state index contributed by atoms with van der Waals surface area (Å²) in [6, 6.07) is 21.6. The Morgan fingerprint density at radius 2 is 1.65 bits per heavy atom. The highest BCUT2D eigenvalue weighted by atomic mass is 35.5. The number of nitrogens with zero attached hydrogens (tertiary/aromatic N) is 1. The monoisotopic (exact) mass is 432 g/mol. The van der Waals surface area contributed by atoms with Gasteiger partial charge in [-0.05, 0) is 47.9 Å². The first-order chi connectivity index (χ1) is 15.0. The highest BCUT2D eigenvalue weighted by Crippen LogP contribution is 2.36. The normalized spacial score (nSPS) is 13.7. The number of anilines is 2. The fraction of sp³-hybridized carbons (Fsp3) is 0.120. The van der Waals surface area contributed by atoms with Crippen LogP contribution in [0.3, 0.4) is 0 Å². The SMILES string of the molecule is CCc1ccc(N2C(=O)C(Nc3cc(Cl)ccc3OC)=C(c3ccccc3)C2=O)cc1. The van der Waals surface area contributed by atoms with Gasteiger partial charge in [-0.25, -0.2) is 4.90 Å². The van der Waals surface area contributed by atoms with Crippen molar-refractivity contribution in [2.24, 2.45) is 0 Å². The molecule has 2 amide bonds. The molecule has 0 unspecified atom stereocenters. The van der Waals surface area contributed by atoms with E-state index in [4.69, 9.17) is 16.3 Å². The summed E-state index contributed by atoms with van der Waals surface area (Å²) in [5.41, 5.74) is 3.28. The van der Waals surface area contributed by atoms with Crippen molar-refractivity contribution >= 4 is 40.4 Å². The van der Waals surface area contributed by atoms with Crippen LogP contribution in [-0.2, 0) is 16.0 Å². The number of ether oxygens (including phenoxy) is 1. The third kappa shape index (κ3) is 3.92. The zero-order chi connectivity index (χ0) is 22.0. The molecule has 1 N–H and O–H groups in total. The molecular formula is C25H21ClN2O3. The molecule has 1 aliphatic heterocycles. The highest BCUT2D eigenvalue weighted by Gasteiger charge is 2.40. The van der Waals surface area contributed by atoms with E-state index in [0.29, 0.717) is 33.3 Å². The third-order valence-corrected chi connectivity index (χ3v) is 5.41. The maximum absolute atomic E-state index is 13.5. The van der Waals surface area contributed by atoms with Gasteiger partial charge in [-0.2, -0.15) is 0 Å². The van der Waals surface area contributed by atoms with E-state index in [9.17, 15) is 9.59 Å². The fourth-order valence-corrected chi connectivity index (χ4v) is 3.72. The topological polar surface area (TPSA) is 58.6 Å². The van der Waals surface area contributed by atoms with Crippen LogP contribution >= 0.6 is 11.6 Å². The first kappa shape index (κ1) is 20.7. The molecule has 4 rings (SSSR count). The van der Waals surface area contributed by atoms with E-state index < -0.39 is 5.91 Å². The van der Waals surface area contributed by atoms with Gasteiger partial charge in [0, 0.05) is 5.02 Å². The van der Waals surface area contributed by atoms with Crippen LogP contribution in [0, 0.1) is 0 Å². The van der Waals surface area contributed by atoms with Crippen molar-refractivity contribution in [3.05, 3.63) is 94.6 Å². The van der Waals surface area contributed by atoms with Crippen molar-refractivity contribution in [2.75, 3.05) is 17.3 Å². The molecule has 156 valence electrons. The van der Waals surface area contributed by atoms with E-state index in [2.05, 4.69) is 12.2 Å². The number of rotatable bonds is 6. The Morgan fingerprint density at radius 3 is 2.29 bits per heavy atom. The van der Waals surface area contributed by atoms with E-state index in [1.165, 1.54) is 12.0 Å². The lowest BCUT2D eigenvalue weighted by Gasteiger charge is -2.16. The second-order valence-corrected chi connectivity index (χ2v) is 7.49. The minimum atomic E-state index is -0.435. The maximum Gasteiger partial charge on any atom is 0.282 e. The molecule has 0 saturated heterocycles. The average molecular weight is 433 g/mol. The molecule has 0 bridgehead atoms. The number of benzene rings is 3. The number of aryl methyl sites for hydroxylation is 1. The first-order valence-corrected chi connectivity index (χ1v) is 10.3. The number of nitrogens with one attached hydrogen (secondary N) is 1. The Hall–Kier alpha value is -3.57. The molecule has 0 saturated carbocycles. The van der Waals surface area contributed by atoms with Crippen LogP contribution in [0.5, 0.6) is 5.75 Å². The van der Waals surface area contributed by atoms with Gasteiger partial charge in [-0.15, -0.1) is 0 Å². The van der Waals surface area contributed by atoms with Gasteiger partial charge in [-0.1, -0.05) is 61.0 Å². The minimum absolute atomic E-state index is 0.177. The molecule has 0 aliphatic carbocycles. The van der Waals surface area contributed by atoms with E-state index in [0.717, 1.165) is 12.0 Å². The molecule has 3 aromatic carbocycles. The zero-order valence-corrected chi connectivity index (χ0v) is 17.9. The molecule has 0 aromatic heterocycles. The van der Waals surface area contributed by atoms with Crippen LogP contribution in [0.2, 0.25) is 5.02 Å². The Morgan fingerprint density at radius 1 is 0.935 bits per heavy atom. The molecule has 0 atom stereocenters. The van der Waals surface area contributed by atoms with Crippen molar-refractivity contribution in [2.45, 2.75) is 13.3 Å². The number of amides is 2. The summed E-state index contributed by atoms with van der Waals surface area (Å²) in [6.45, 7) is 2.05. The highest BCUT2D eigenvalue weighted by molar-refractivity contribution is 6.46. The van der Waals surface area contributed by atoms with Gasteiger partial charge >= 0.3 is 0 Å². The molecule has 0 spiro atoms. The van der Waals surface area contributed by atoms with Crippen LogP contribution in [0.1, 0.15) is 18.1 Å². The summed E-state index contributed by atoms with van der Waals surface area (Å²) in [6.07, 6.45) is 0.872. The van der Waals surface area contributed by atoms with Gasteiger partial charge in [0.25, 0.3) is 11.8 Å². The van der Waals surface area contributed by atoms with Crippen LogP contribution in [-0.4, -0.2) is 18.9 Å². The molecule has 0 radical (unpaired) electrons. The Labute approximate surface area is 185 Å². The molecule has 1 aliphatic rings. The maximum atomic E-state index is 13.5. The van der Waals surface area contributed by atoms with E-state index >= 15 is 0 Å². The van der Waals surface area contributed by atoms with Crippen molar-refractivity contribution in [3.63, 3.8) is 0 Å². The number of halogens is 1. The van der Waals surface area contributed by atoms with Crippen molar-refractivity contribution in [1.82, 2.24) is 0 Å². The Balaban J connectivity index is 1.82.